The molecule has 2 rings (SSSR count). The summed E-state index contributed by atoms with van der Waals surface area (Å²) >= 11 is 0. The Morgan fingerprint density at radius 1 is 1.23 bits per heavy atom. The molecule has 1 N–H and O–H groups in total. The van der Waals surface area contributed by atoms with Crippen LogP contribution in [0.2, 0.25) is 0 Å². The zero-order valence-corrected chi connectivity index (χ0v) is 14.5. The van der Waals surface area contributed by atoms with Crippen molar-refractivity contribution in [1.82, 2.24) is 9.80 Å². The second-order valence-corrected chi connectivity index (χ2v) is 7.96. The van der Waals surface area contributed by atoms with Gasteiger partial charge in [0.05, 0.1) is 6.10 Å². The number of piperidine rings is 1. The molecule has 2 aliphatic rings. The molecule has 2 saturated heterocycles. The number of carbonyl (C=O) groups is 1. The topological polar surface area (TPSA) is 53.0 Å². The van der Waals surface area contributed by atoms with E-state index in [1.807, 2.05) is 32.6 Å². The lowest BCUT2D eigenvalue weighted by Crippen LogP contribution is -2.43. The number of hydrogen-bond acceptors (Lipinski definition) is 4. The smallest absolute Gasteiger partial charge is 0.410 e. The van der Waals surface area contributed by atoms with Crippen LogP contribution in [-0.2, 0) is 4.74 Å². The van der Waals surface area contributed by atoms with E-state index in [4.69, 9.17) is 4.74 Å². The molecular weight excluding hydrogens is 280 g/mol. The maximum absolute atomic E-state index is 12.0. The van der Waals surface area contributed by atoms with Crippen molar-refractivity contribution in [2.24, 2.45) is 11.8 Å². The largest absolute Gasteiger partial charge is 0.444 e. The lowest BCUT2D eigenvalue weighted by atomic mass is 9.96. The van der Waals surface area contributed by atoms with Gasteiger partial charge in [-0.25, -0.2) is 4.79 Å². The van der Waals surface area contributed by atoms with Crippen LogP contribution < -0.4 is 0 Å². The summed E-state index contributed by atoms with van der Waals surface area (Å²) in [5.74, 6) is 1.09. The van der Waals surface area contributed by atoms with Crippen molar-refractivity contribution < 1.29 is 14.6 Å². The predicted molar refractivity (Wildman–Crippen MR) is 86.8 cm³/mol. The lowest BCUT2D eigenvalue weighted by Gasteiger charge is -2.35. The molecule has 2 heterocycles. The highest BCUT2D eigenvalue weighted by atomic mass is 16.6. The molecule has 0 radical (unpaired) electrons. The molecule has 0 saturated carbocycles. The fraction of sp³-hybridized carbons (Fsp3) is 0.941. The first-order valence-electron chi connectivity index (χ1n) is 8.63. The van der Waals surface area contributed by atoms with Crippen LogP contribution in [0.4, 0.5) is 4.79 Å². The van der Waals surface area contributed by atoms with Crippen LogP contribution in [0.1, 0.15) is 47.0 Å². The minimum atomic E-state index is -0.417. The summed E-state index contributed by atoms with van der Waals surface area (Å²) in [4.78, 5) is 16.4. The van der Waals surface area contributed by atoms with Crippen LogP contribution in [0.25, 0.3) is 0 Å². The molecule has 5 nitrogen and oxygen atoms in total. The van der Waals surface area contributed by atoms with E-state index >= 15 is 0 Å². The number of nitrogens with zero attached hydrogens (tertiary/aromatic N) is 2. The molecule has 0 bridgehead atoms. The van der Waals surface area contributed by atoms with Gasteiger partial charge in [0.1, 0.15) is 5.60 Å². The first-order valence-corrected chi connectivity index (χ1v) is 8.63. The van der Waals surface area contributed by atoms with Gasteiger partial charge in [0.2, 0.25) is 0 Å². The van der Waals surface area contributed by atoms with Gasteiger partial charge in [-0.05, 0) is 65.3 Å². The van der Waals surface area contributed by atoms with Crippen molar-refractivity contribution >= 4 is 6.09 Å². The number of ether oxygens (including phenoxy) is 1. The number of rotatable bonds is 3. The van der Waals surface area contributed by atoms with Crippen molar-refractivity contribution in [3.05, 3.63) is 0 Å². The molecule has 0 aromatic carbocycles. The van der Waals surface area contributed by atoms with E-state index in [1.165, 1.54) is 0 Å². The molecule has 5 heteroatoms. The number of aliphatic hydroxyl groups is 1. The van der Waals surface area contributed by atoms with Crippen LogP contribution in [-0.4, -0.2) is 65.4 Å². The van der Waals surface area contributed by atoms with Gasteiger partial charge in [0.15, 0.2) is 0 Å². The van der Waals surface area contributed by atoms with Crippen LogP contribution in [0.5, 0.6) is 0 Å². The summed E-state index contributed by atoms with van der Waals surface area (Å²) in [7, 11) is 0. The average Bonchev–Trinajstić information content (AvgIpc) is 2.86. The molecule has 2 fully saturated rings. The molecular formula is C17H32N2O3. The zero-order valence-electron chi connectivity index (χ0n) is 14.5. The maximum Gasteiger partial charge on any atom is 0.410 e. The molecule has 0 aromatic heterocycles. The van der Waals surface area contributed by atoms with Gasteiger partial charge < -0.3 is 19.6 Å². The van der Waals surface area contributed by atoms with Gasteiger partial charge in [-0.3, -0.25) is 0 Å². The first kappa shape index (κ1) is 17.5. The Morgan fingerprint density at radius 2 is 1.86 bits per heavy atom. The number of amides is 1. The van der Waals surface area contributed by atoms with E-state index in [0.29, 0.717) is 11.8 Å². The molecule has 128 valence electrons. The van der Waals surface area contributed by atoms with Crippen molar-refractivity contribution in [2.45, 2.75) is 58.7 Å². The molecule has 0 spiro atoms. The Bertz CT molecular complexity index is 371. The zero-order chi connectivity index (χ0) is 16.3. The van der Waals surface area contributed by atoms with E-state index in [9.17, 15) is 9.90 Å². The lowest BCUT2D eigenvalue weighted by molar-refractivity contribution is 0.0171. The molecule has 1 amide bonds. The Morgan fingerprint density at radius 3 is 2.36 bits per heavy atom. The van der Waals surface area contributed by atoms with Gasteiger partial charge in [-0.2, -0.15) is 0 Å². The fourth-order valence-electron chi connectivity index (χ4n) is 3.41. The van der Waals surface area contributed by atoms with Crippen LogP contribution in [0.3, 0.4) is 0 Å². The quantitative estimate of drug-likeness (QED) is 0.869. The molecule has 2 aliphatic heterocycles. The highest BCUT2D eigenvalue weighted by molar-refractivity contribution is 5.68. The Hall–Kier alpha value is -0.810. The number of carbonyl (C=O) groups excluding carboxylic acids is 1. The molecule has 0 aromatic rings. The normalized spacial score (nSPS) is 26.2. The summed E-state index contributed by atoms with van der Waals surface area (Å²) in [6, 6.07) is 0. The van der Waals surface area contributed by atoms with Crippen molar-refractivity contribution in [3.8, 4) is 0 Å². The summed E-state index contributed by atoms with van der Waals surface area (Å²) in [6.45, 7) is 12.4. The van der Waals surface area contributed by atoms with Gasteiger partial charge in [-0.15, -0.1) is 0 Å². The highest BCUT2D eigenvalue weighted by Gasteiger charge is 2.30. The van der Waals surface area contributed by atoms with Crippen LogP contribution in [0.15, 0.2) is 0 Å². The van der Waals surface area contributed by atoms with Crippen LogP contribution in [0, 0.1) is 11.8 Å². The summed E-state index contributed by atoms with van der Waals surface area (Å²) < 4.78 is 5.44. The summed E-state index contributed by atoms with van der Waals surface area (Å²) in [5, 5.41) is 9.68. The first-order chi connectivity index (χ1) is 10.2. The molecule has 22 heavy (non-hydrogen) atoms. The Labute approximate surface area is 134 Å². The monoisotopic (exact) mass is 312 g/mol. The Balaban J connectivity index is 1.70. The van der Waals surface area contributed by atoms with Gasteiger partial charge in [-0.1, -0.05) is 0 Å². The summed E-state index contributed by atoms with van der Waals surface area (Å²) in [5.41, 5.74) is -0.417. The third kappa shape index (κ3) is 5.13. The predicted octanol–water partition coefficient (Wildman–Crippen LogP) is 2.34. The second kappa shape index (κ2) is 7.18. The van der Waals surface area contributed by atoms with Crippen molar-refractivity contribution in [1.29, 1.82) is 0 Å². The van der Waals surface area contributed by atoms with E-state index in [-0.39, 0.29) is 12.2 Å². The van der Waals surface area contributed by atoms with E-state index in [0.717, 1.165) is 52.0 Å². The standard InChI is InChI=1S/C17H32N2O3/c1-13(20)15-7-8-18(12-15)11-14-5-9-19(10-6-14)16(21)22-17(2,3)4/h13-15,20H,5-12H2,1-4H3. The molecule has 0 aliphatic carbocycles. The minimum absolute atomic E-state index is 0.179. The third-order valence-electron chi connectivity index (χ3n) is 4.77. The third-order valence-corrected chi connectivity index (χ3v) is 4.77. The molecule has 2 unspecified atom stereocenters. The number of hydrogen-bond donors (Lipinski definition) is 1. The summed E-state index contributed by atoms with van der Waals surface area (Å²) in [6.07, 6.45) is 2.83. The maximum atomic E-state index is 12.0. The van der Waals surface area contributed by atoms with Gasteiger partial charge >= 0.3 is 6.09 Å². The van der Waals surface area contributed by atoms with E-state index in [2.05, 4.69) is 4.90 Å². The SMILES string of the molecule is CC(O)C1CCN(CC2CCN(C(=O)OC(C)(C)C)CC2)C1. The second-order valence-electron chi connectivity index (χ2n) is 7.96. The average molecular weight is 312 g/mol. The molecule has 2 atom stereocenters. The van der Waals surface area contributed by atoms with E-state index < -0.39 is 5.60 Å². The number of aliphatic hydroxyl groups excluding tert-OH is 1. The fourth-order valence-corrected chi connectivity index (χ4v) is 3.41. The Kier molecular flexibility index (Phi) is 5.72. The van der Waals surface area contributed by atoms with Crippen LogP contribution >= 0.6 is 0 Å². The van der Waals surface area contributed by atoms with Gasteiger partial charge in [0.25, 0.3) is 0 Å². The van der Waals surface area contributed by atoms with Gasteiger partial charge in [0, 0.05) is 26.2 Å². The van der Waals surface area contributed by atoms with Crippen molar-refractivity contribution in [3.63, 3.8) is 0 Å². The van der Waals surface area contributed by atoms with E-state index in [1.54, 1.807) is 0 Å². The highest BCUT2D eigenvalue weighted by Crippen LogP contribution is 2.25. The minimum Gasteiger partial charge on any atom is -0.444 e. The van der Waals surface area contributed by atoms with Crippen molar-refractivity contribution in [2.75, 3.05) is 32.7 Å². The number of likely N-dealkylation sites (tertiary alicyclic amines) is 2.